The van der Waals surface area contributed by atoms with E-state index in [0.29, 0.717) is 41.2 Å². The van der Waals surface area contributed by atoms with Gasteiger partial charge >= 0.3 is 0 Å². The molecule has 46 heavy (non-hydrogen) atoms. The van der Waals surface area contributed by atoms with Crippen molar-refractivity contribution in [1.82, 2.24) is 20.1 Å². The molecule has 252 valence electrons. The highest BCUT2D eigenvalue weighted by molar-refractivity contribution is 6.25. The van der Waals surface area contributed by atoms with Gasteiger partial charge in [-0.2, -0.15) is 0 Å². The zero-order chi connectivity index (χ0) is 33.7. The third-order valence-corrected chi connectivity index (χ3v) is 8.69. The SMILES string of the molecule is CC/C=C(C)/C(=C\N(C)C)C(/C)=C/N=C(CCCC)\C(=C/N)C(=O)Nc1cc(C(=O)NCCN2CCC3(CCO3)CC2)cnc1C. The minimum absolute atomic E-state index is 0.114. The number of amides is 2. The number of ether oxygens (including phenoxy) is 1. The Bertz CT molecular complexity index is 1360. The minimum Gasteiger partial charge on any atom is -0.404 e. The minimum atomic E-state index is -0.393. The van der Waals surface area contributed by atoms with Crippen LogP contribution in [-0.4, -0.2) is 84.8 Å². The Morgan fingerprint density at radius 3 is 2.46 bits per heavy atom. The van der Waals surface area contributed by atoms with Crippen molar-refractivity contribution in [3.63, 3.8) is 0 Å². The van der Waals surface area contributed by atoms with E-state index in [1.807, 2.05) is 32.1 Å². The molecular formula is C36H55N7O3. The van der Waals surface area contributed by atoms with Crippen molar-refractivity contribution in [2.24, 2.45) is 10.7 Å². The van der Waals surface area contributed by atoms with E-state index in [0.717, 1.165) is 81.5 Å². The number of anilines is 1. The first kappa shape index (κ1) is 36.7. The number of carbonyl (C=O) groups is 2. The molecule has 2 aliphatic rings. The van der Waals surface area contributed by atoms with Gasteiger partial charge < -0.3 is 30.9 Å². The number of piperidine rings is 1. The summed E-state index contributed by atoms with van der Waals surface area (Å²) in [6.45, 7) is 14.3. The summed E-state index contributed by atoms with van der Waals surface area (Å²) in [4.78, 5) is 40.1. The molecular weight excluding hydrogens is 578 g/mol. The number of hydrogen-bond acceptors (Lipinski definition) is 8. The molecule has 0 unspecified atom stereocenters. The number of carbonyl (C=O) groups excluding carboxylic acids is 2. The van der Waals surface area contributed by atoms with Crippen LogP contribution in [-0.2, 0) is 9.53 Å². The summed E-state index contributed by atoms with van der Waals surface area (Å²) < 4.78 is 5.81. The maximum absolute atomic E-state index is 13.6. The Morgan fingerprint density at radius 2 is 1.87 bits per heavy atom. The van der Waals surface area contributed by atoms with Crippen LogP contribution in [0.25, 0.3) is 0 Å². The molecule has 0 atom stereocenters. The number of nitrogens with one attached hydrogen (secondary N) is 2. The highest BCUT2D eigenvalue weighted by Crippen LogP contribution is 2.36. The number of allylic oxidation sites excluding steroid dienone is 4. The van der Waals surface area contributed by atoms with Gasteiger partial charge in [-0.1, -0.05) is 26.3 Å². The monoisotopic (exact) mass is 633 g/mol. The van der Waals surface area contributed by atoms with Gasteiger partial charge in [-0.25, -0.2) is 0 Å². The molecule has 2 amide bonds. The average molecular weight is 634 g/mol. The average Bonchev–Trinajstić information content (AvgIpc) is 3.01. The van der Waals surface area contributed by atoms with Crippen LogP contribution in [0.4, 0.5) is 5.69 Å². The number of hydrogen-bond donors (Lipinski definition) is 3. The van der Waals surface area contributed by atoms with Gasteiger partial charge in [-0.15, -0.1) is 0 Å². The van der Waals surface area contributed by atoms with E-state index in [9.17, 15) is 9.59 Å². The summed E-state index contributed by atoms with van der Waals surface area (Å²) >= 11 is 0. The summed E-state index contributed by atoms with van der Waals surface area (Å²) in [6.07, 6.45) is 15.5. The van der Waals surface area contributed by atoms with E-state index >= 15 is 0 Å². The molecule has 3 heterocycles. The number of aromatic nitrogens is 1. The summed E-state index contributed by atoms with van der Waals surface area (Å²) in [5, 5.41) is 5.93. The molecule has 4 N–H and O–H groups in total. The smallest absolute Gasteiger partial charge is 0.259 e. The lowest BCUT2D eigenvalue weighted by Gasteiger charge is -2.47. The van der Waals surface area contributed by atoms with Crippen LogP contribution in [0.5, 0.6) is 0 Å². The number of unbranched alkanes of at least 4 members (excludes halogenated alkanes) is 1. The van der Waals surface area contributed by atoms with Crippen LogP contribution >= 0.6 is 0 Å². The molecule has 1 aromatic heterocycles. The Labute approximate surface area is 275 Å². The number of likely N-dealkylation sites (tertiary alicyclic amines) is 1. The molecule has 10 heteroatoms. The van der Waals surface area contributed by atoms with Crippen LogP contribution in [0.2, 0.25) is 0 Å². The largest absolute Gasteiger partial charge is 0.404 e. The van der Waals surface area contributed by atoms with Gasteiger partial charge in [0.15, 0.2) is 0 Å². The molecule has 10 nitrogen and oxygen atoms in total. The van der Waals surface area contributed by atoms with Crippen molar-refractivity contribution in [2.75, 3.05) is 52.2 Å². The van der Waals surface area contributed by atoms with Crippen molar-refractivity contribution < 1.29 is 14.3 Å². The van der Waals surface area contributed by atoms with Crippen LogP contribution in [0, 0.1) is 6.92 Å². The fourth-order valence-corrected chi connectivity index (χ4v) is 5.72. The number of nitrogens with zero attached hydrogens (tertiary/aromatic N) is 4. The highest BCUT2D eigenvalue weighted by atomic mass is 16.5. The van der Waals surface area contributed by atoms with Crippen molar-refractivity contribution in [3.8, 4) is 0 Å². The lowest BCUT2D eigenvalue weighted by Crippen LogP contribution is -2.53. The van der Waals surface area contributed by atoms with Crippen LogP contribution in [0.1, 0.15) is 88.7 Å². The van der Waals surface area contributed by atoms with E-state index in [1.54, 1.807) is 13.0 Å². The first-order valence-electron chi connectivity index (χ1n) is 16.7. The summed E-state index contributed by atoms with van der Waals surface area (Å²) in [6, 6.07) is 1.66. The lowest BCUT2D eigenvalue weighted by molar-refractivity contribution is -0.172. The van der Waals surface area contributed by atoms with Crippen LogP contribution in [0.15, 0.2) is 64.2 Å². The van der Waals surface area contributed by atoms with Crippen LogP contribution in [0.3, 0.4) is 0 Å². The van der Waals surface area contributed by atoms with E-state index < -0.39 is 5.91 Å². The quantitative estimate of drug-likeness (QED) is 0.132. The Morgan fingerprint density at radius 1 is 1.15 bits per heavy atom. The molecule has 0 saturated carbocycles. The first-order chi connectivity index (χ1) is 22.0. The lowest BCUT2D eigenvalue weighted by atomic mass is 9.84. The van der Waals surface area contributed by atoms with Gasteiger partial charge in [0.25, 0.3) is 11.8 Å². The number of aliphatic imine (C=N–C) groups is 1. The number of nitrogens with two attached hydrogens (primary N) is 1. The van der Waals surface area contributed by atoms with Gasteiger partial charge in [0.2, 0.25) is 0 Å². The standard InChI is InChI=1S/C36H55N7O3/c1-8-10-12-32(40-23-27(4)31(25-42(6)7)26(3)11-9-2)30(22-37)35(45)41-33-21-29(24-39-28(33)5)34(44)38-16-19-43-17-13-36(14-18-43)15-20-46-36/h11,21-25H,8-10,12-20,37H2,1-7H3,(H,38,44)(H,41,45)/b26-11+,27-23+,30-22+,31-25+,40-32-. The summed E-state index contributed by atoms with van der Waals surface area (Å²) in [5.41, 5.74) is 11.7. The highest BCUT2D eigenvalue weighted by Gasteiger charge is 2.40. The van der Waals surface area contributed by atoms with Gasteiger partial charge in [0, 0.05) is 65.1 Å². The molecule has 0 radical (unpaired) electrons. The Balaban J connectivity index is 1.70. The van der Waals surface area contributed by atoms with Crippen molar-refractivity contribution >= 4 is 23.2 Å². The molecule has 2 fully saturated rings. The number of pyridine rings is 1. The molecule has 0 bridgehead atoms. The van der Waals surface area contributed by atoms with Crippen molar-refractivity contribution in [1.29, 1.82) is 0 Å². The first-order valence-corrected chi connectivity index (χ1v) is 16.7. The second-order valence-electron chi connectivity index (χ2n) is 12.6. The van der Waals surface area contributed by atoms with Gasteiger partial charge in [0.05, 0.1) is 40.4 Å². The third kappa shape index (κ3) is 10.4. The van der Waals surface area contributed by atoms with Crippen molar-refractivity contribution in [2.45, 2.75) is 85.2 Å². The second-order valence-corrected chi connectivity index (χ2v) is 12.6. The fraction of sp³-hybridized carbons (Fsp3) is 0.556. The summed E-state index contributed by atoms with van der Waals surface area (Å²) in [5.74, 6) is -0.622. The zero-order valence-corrected chi connectivity index (χ0v) is 29.0. The molecule has 1 aromatic rings. The zero-order valence-electron chi connectivity index (χ0n) is 29.0. The molecule has 3 rings (SSSR count). The second kappa shape index (κ2) is 17.8. The van der Waals surface area contributed by atoms with E-state index in [1.165, 1.54) is 12.4 Å². The molecule has 0 aliphatic carbocycles. The predicted octanol–water partition coefficient (Wildman–Crippen LogP) is 5.49. The van der Waals surface area contributed by atoms with Gasteiger partial charge in [0.1, 0.15) is 0 Å². The van der Waals surface area contributed by atoms with Crippen molar-refractivity contribution in [3.05, 3.63) is 70.5 Å². The van der Waals surface area contributed by atoms with E-state index in [-0.39, 0.29) is 11.5 Å². The predicted molar refractivity (Wildman–Crippen MR) is 188 cm³/mol. The molecule has 0 aromatic carbocycles. The Hall–Kier alpha value is -3.76. The fourth-order valence-electron chi connectivity index (χ4n) is 5.72. The van der Waals surface area contributed by atoms with Crippen LogP contribution < -0.4 is 16.4 Å². The van der Waals surface area contributed by atoms with Gasteiger partial charge in [-0.3, -0.25) is 19.6 Å². The maximum atomic E-state index is 13.6. The van der Waals surface area contributed by atoms with E-state index in [4.69, 9.17) is 15.5 Å². The van der Waals surface area contributed by atoms with Gasteiger partial charge in [-0.05, 0) is 82.1 Å². The number of rotatable bonds is 15. The maximum Gasteiger partial charge on any atom is 0.259 e. The molecule has 2 aliphatic heterocycles. The van der Waals surface area contributed by atoms with E-state index in [2.05, 4.69) is 53.6 Å². The summed E-state index contributed by atoms with van der Waals surface area (Å²) in [7, 11) is 3.99. The third-order valence-electron chi connectivity index (χ3n) is 8.69. The Kier molecular flexibility index (Phi) is 14.2. The molecule has 1 spiro atoms. The topological polar surface area (TPSA) is 125 Å². The normalized spacial score (nSPS) is 17.9. The number of aryl methyl sites for hydroxylation is 1. The molecule has 2 saturated heterocycles.